The second kappa shape index (κ2) is 14.7. The Balaban J connectivity index is 1.10. The van der Waals surface area contributed by atoms with Gasteiger partial charge in [-0.3, -0.25) is 0 Å². The van der Waals surface area contributed by atoms with E-state index >= 15 is 0 Å². The molecule has 4 heteroatoms. The topological polar surface area (TPSA) is 21.3 Å². The maximum atomic E-state index is 6.79. The number of hydrogen-bond acceptors (Lipinski definition) is 3. The smallest absolute Gasteiger partial charge is 0.138 e. The first-order valence-corrected chi connectivity index (χ1v) is 22.6. The summed E-state index contributed by atoms with van der Waals surface area (Å²) >= 11 is 1.86. The van der Waals surface area contributed by atoms with Crippen molar-refractivity contribution in [3.05, 3.63) is 231 Å². The van der Waals surface area contributed by atoms with Crippen LogP contribution < -0.4 is 4.90 Å². The van der Waals surface area contributed by atoms with Gasteiger partial charge < -0.3 is 13.9 Å². The highest BCUT2D eigenvalue weighted by Gasteiger charge is 2.25. The maximum absolute atomic E-state index is 6.79. The second-order valence-electron chi connectivity index (χ2n) is 16.5. The van der Waals surface area contributed by atoms with Crippen LogP contribution in [-0.4, -0.2) is 4.57 Å². The molecule has 0 radical (unpaired) electrons. The molecule has 0 saturated heterocycles. The normalized spacial score (nSPS) is 11.8. The van der Waals surface area contributed by atoms with E-state index in [1.54, 1.807) is 0 Å². The lowest BCUT2D eigenvalue weighted by molar-refractivity contribution is 0.669. The fraction of sp³-hybridized carbons (Fsp3) is 0. The molecule has 0 saturated carbocycles. The van der Waals surface area contributed by atoms with E-state index in [1.165, 1.54) is 64.3 Å². The van der Waals surface area contributed by atoms with Crippen LogP contribution in [0.25, 0.3) is 103 Å². The third kappa shape index (κ3) is 5.88. The Bertz CT molecular complexity index is 3780. The van der Waals surface area contributed by atoms with Gasteiger partial charge in [-0.2, -0.15) is 0 Å². The summed E-state index contributed by atoms with van der Waals surface area (Å²) in [7, 11) is 0. The average Bonchev–Trinajstić information content (AvgIpc) is 4.03. The van der Waals surface area contributed by atoms with Gasteiger partial charge in [-0.15, -0.1) is 11.3 Å². The zero-order valence-electron chi connectivity index (χ0n) is 34.7. The fourth-order valence-corrected chi connectivity index (χ4v) is 11.0. The Kier molecular flexibility index (Phi) is 8.40. The number of fused-ring (bicyclic) bond motifs is 9. The number of aromatic nitrogens is 1. The Hall–Kier alpha value is -8.18. The highest BCUT2D eigenvalue weighted by molar-refractivity contribution is 7.25. The van der Waals surface area contributed by atoms with Gasteiger partial charge in [-0.05, 0) is 101 Å². The van der Waals surface area contributed by atoms with Gasteiger partial charge in [0, 0.05) is 76.1 Å². The molecule has 0 aliphatic rings. The van der Waals surface area contributed by atoms with E-state index in [0.717, 1.165) is 55.7 Å². The molecule has 0 amide bonds. The maximum Gasteiger partial charge on any atom is 0.138 e. The molecule has 0 atom stereocenters. The molecule has 3 aromatic heterocycles. The lowest BCUT2D eigenvalue weighted by Gasteiger charge is -2.26. The zero-order valence-corrected chi connectivity index (χ0v) is 35.5. The molecule has 13 aromatic rings. The van der Waals surface area contributed by atoms with Crippen molar-refractivity contribution >= 4 is 92.3 Å². The summed E-state index contributed by atoms with van der Waals surface area (Å²) in [6.07, 6.45) is 0. The molecular formula is C60H38N2OS. The van der Waals surface area contributed by atoms with E-state index in [-0.39, 0.29) is 0 Å². The van der Waals surface area contributed by atoms with Gasteiger partial charge in [0.05, 0.1) is 11.0 Å². The number of furan rings is 1. The number of para-hydroxylation sites is 2. The Morgan fingerprint density at radius 2 is 0.891 bits per heavy atom. The minimum Gasteiger partial charge on any atom is -0.456 e. The summed E-state index contributed by atoms with van der Waals surface area (Å²) in [6, 6.07) is 83.4. The second-order valence-corrected chi connectivity index (χ2v) is 17.5. The molecule has 0 spiro atoms. The predicted molar refractivity (Wildman–Crippen MR) is 272 cm³/mol. The Labute approximate surface area is 373 Å². The van der Waals surface area contributed by atoms with Crippen molar-refractivity contribution < 1.29 is 4.42 Å². The molecule has 13 rings (SSSR count). The average molecular weight is 835 g/mol. The van der Waals surface area contributed by atoms with Gasteiger partial charge >= 0.3 is 0 Å². The number of anilines is 3. The SMILES string of the molecule is c1ccc(-c2ccc(N(c3ccc(-c4ccccc4)cc3)c3ccc4c(c3)c3c(-c5ccc6c(c5)sc5ccccc56)c5c(cc3n4-c3ccccc3)oc3ccccc35)cc2)cc1. The summed E-state index contributed by atoms with van der Waals surface area (Å²) in [5.74, 6) is 0. The van der Waals surface area contributed by atoms with Gasteiger partial charge in [-0.25, -0.2) is 0 Å². The number of thiophene rings is 1. The molecule has 0 aliphatic carbocycles. The van der Waals surface area contributed by atoms with E-state index in [9.17, 15) is 0 Å². The number of nitrogens with zero attached hydrogens (tertiary/aromatic N) is 2. The third-order valence-electron chi connectivity index (χ3n) is 12.8. The van der Waals surface area contributed by atoms with Crippen LogP contribution in [0.2, 0.25) is 0 Å². The van der Waals surface area contributed by atoms with Crippen LogP contribution in [0, 0.1) is 0 Å². The van der Waals surface area contributed by atoms with E-state index < -0.39 is 0 Å². The molecule has 3 nitrogen and oxygen atoms in total. The van der Waals surface area contributed by atoms with Gasteiger partial charge in [0.2, 0.25) is 0 Å². The van der Waals surface area contributed by atoms with Crippen LogP contribution in [0.1, 0.15) is 0 Å². The van der Waals surface area contributed by atoms with E-state index in [2.05, 4.69) is 240 Å². The van der Waals surface area contributed by atoms with Crippen molar-refractivity contribution in [2.45, 2.75) is 0 Å². The standard InChI is InChI=1S/C60H38N2OS/c1-4-14-39(15-5-1)41-24-29-45(30-25-41)61(46-31-26-42(27-32-46)40-16-6-2-7-17-40)47-33-35-52-51(37-47)59-53(62(52)44-18-8-3-9-19-44)38-55-60(50-21-10-12-22-54(50)63-55)58(59)43-28-34-49-48-20-11-13-23-56(48)64-57(49)36-43/h1-38H. The molecule has 0 bridgehead atoms. The molecule has 300 valence electrons. The van der Waals surface area contributed by atoms with Gasteiger partial charge in [0.25, 0.3) is 0 Å². The van der Waals surface area contributed by atoms with Crippen molar-refractivity contribution in [2.24, 2.45) is 0 Å². The number of benzene rings is 10. The summed E-state index contributed by atoms with van der Waals surface area (Å²) in [4.78, 5) is 2.39. The van der Waals surface area contributed by atoms with Crippen LogP contribution in [0.4, 0.5) is 17.1 Å². The van der Waals surface area contributed by atoms with Gasteiger partial charge in [0.1, 0.15) is 11.2 Å². The first kappa shape index (κ1) is 36.5. The fourth-order valence-electron chi connectivity index (χ4n) is 9.85. The van der Waals surface area contributed by atoms with Crippen LogP contribution in [0.5, 0.6) is 0 Å². The van der Waals surface area contributed by atoms with Crippen molar-refractivity contribution in [2.75, 3.05) is 4.90 Å². The molecular weight excluding hydrogens is 797 g/mol. The van der Waals surface area contributed by atoms with Crippen molar-refractivity contribution in [3.63, 3.8) is 0 Å². The van der Waals surface area contributed by atoms with Crippen LogP contribution in [0.15, 0.2) is 235 Å². The third-order valence-corrected chi connectivity index (χ3v) is 13.9. The minimum absolute atomic E-state index is 0.874. The van der Waals surface area contributed by atoms with Crippen LogP contribution in [0.3, 0.4) is 0 Å². The lowest BCUT2D eigenvalue weighted by atomic mass is 9.93. The molecule has 0 aliphatic heterocycles. The van der Waals surface area contributed by atoms with Crippen molar-refractivity contribution in [3.8, 4) is 39.1 Å². The molecule has 0 N–H and O–H groups in total. The minimum atomic E-state index is 0.874. The first-order valence-electron chi connectivity index (χ1n) is 21.7. The van der Waals surface area contributed by atoms with Crippen molar-refractivity contribution in [1.82, 2.24) is 4.57 Å². The quantitative estimate of drug-likeness (QED) is 0.159. The van der Waals surface area contributed by atoms with E-state index in [1.807, 2.05) is 11.3 Å². The molecule has 0 fully saturated rings. The number of hydrogen-bond donors (Lipinski definition) is 0. The van der Waals surface area contributed by atoms with Gasteiger partial charge in [-0.1, -0.05) is 152 Å². The largest absolute Gasteiger partial charge is 0.456 e. The summed E-state index contributed by atoms with van der Waals surface area (Å²) in [5.41, 5.74) is 15.4. The molecule has 3 heterocycles. The summed E-state index contributed by atoms with van der Waals surface area (Å²) in [5, 5.41) is 7.18. The molecule has 0 unspecified atom stereocenters. The molecule has 10 aromatic carbocycles. The monoisotopic (exact) mass is 834 g/mol. The Morgan fingerprint density at radius 3 is 1.58 bits per heavy atom. The predicted octanol–water partition coefficient (Wildman–Crippen LogP) is 17.5. The summed E-state index contributed by atoms with van der Waals surface area (Å²) < 4.78 is 11.8. The van der Waals surface area contributed by atoms with E-state index in [4.69, 9.17) is 4.42 Å². The lowest BCUT2D eigenvalue weighted by Crippen LogP contribution is -2.10. The van der Waals surface area contributed by atoms with Crippen molar-refractivity contribution in [1.29, 1.82) is 0 Å². The highest BCUT2D eigenvalue weighted by atomic mass is 32.1. The first-order chi connectivity index (χ1) is 31.7. The Morgan fingerprint density at radius 1 is 0.344 bits per heavy atom. The molecule has 64 heavy (non-hydrogen) atoms. The van der Waals surface area contributed by atoms with Crippen LogP contribution in [-0.2, 0) is 0 Å². The summed E-state index contributed by atoms with van der Waals surface area (Å²) in [6.45, 7) is 0. The van der Waals surface area contributed by atoms with E-state index in [0.29, 0.717) is 0 Å². The zero-order chi connectivity index (χ0) is 42.1. The highest BCUT2D eigenvalue weighted by Crippen LogP contribution is 2.49. The van der Waals surface area contributed by atoms with Gasteiger partial charge in [0.15, 0.2) is 0 Å². The number of rotatable bonds is 7. The van der Waals surface area contributed by atoms with Crippen LogP contribution >= 0.6 is 11.3 Å².